The molecule has 0 N–H and O–H groups in total. The van der Waals surface area contributed by atoms with Gasteiger partial charge >= 0.3 is 0 Å². The molecule has 4 heteroatoms. The molecule has 1 aromatic carbocycles. The lowest BCUT2D eigenvalue weighted by atomic mass is 10.1. The van der Waals surface area contributed by atoms with Crippen molar-refractivity contribution >= 4 is 6.29 Å². The van der Waals surface area contributed by atoms with Gasteiger partial charge in [-0.25, -0.2) is 4.39 Å². The fourth-order valence-corrected chi connectivity index (χ4v) is 1.35. The van der Waals surface area contributed by atoms with Crippen molar-refractivity contribution in [3.63, 3.8) is 0 Å². The van der Waals surface area contributed by atoms with Gasteiger partial charge in [0, 0.05) is 5.56 Å². The predicted molar refractivity (Wildman–Crippen MR) is 54.5 cm³/mol. The monoisotopic (exact) mass is 212 g/mol. The van der Waals surface area contributed by atoms with Crippen LogP contribution in [0.15, 0.2) is 12.1 Å². The first-order valence-corrected chi connectivity index (χ1v) is 4.49. The smallest absolute Gasteiger partial charge is 0.153 e. The third-order valence-electron chi connectivity index (χ3n) is 2.14. The van der Waals surface area contributed by atoms with Crippen molar-refractivity contribution in [1.82, 2.24) is 0 Å². The summed E-state index contributed by atoms with van der Waals surface area (Å²) in [5.41, 5.74) is 0.721. The van der Waals surface area contributed by atoms with Crippen molar-refractivity contribution in [3.05, 3.63) is 23.3 Å². The zero-order valence-electron chi connectivity index (χ0n) is 8.91. The van der Waals surface area contributed by atoms with E-state index in [1.165, 1.54) is 33.3 Å². The predicted octanol–water partition coefficient (Wildman–Crippen LogP) is 2.55. The SMILES string of the molecule is COc1cc(C(C)F)c(OC)cc1C=O. The summed E-state index contributed by atoms with van der Waals surface area (Å²) in [5.74, 6) is 0.707. The molecule has 0 amide bonds. The number of rotatable bonds is 4. The molecule has 1 unspecified atom stereocenters. The molecule has 1 aromatic rings. The summed E-state index contributed by atoms with van der Waals surface area (Å²) in [6.07, 6.45) is -0.525. The van der Waals surface area contributed by atoms with Crippen molar-refractivity contribution < 1.29 is 18.7 Å². The molecule has 0 aliphatic rings. The number of hydrogen-bond acceptors (Lipinski definition) is 3. The number of methoxy groups -OCH3 is 2. The maximum Gasteiger partial charge on any atom is 0.153 e. The summed E-state index contributed by atoms with van der Waals surface area (Å²) in [6, 6.07) is 2.95. The van der Waals surface area contributed by atoms with Crippen molar-refractivity contribution in [2.75, 3.05) is 14.2 Å². The van der Waals surface area contributed by atoms with E-state index in [1.807, 2.05) is 0 Å². The molecule has 1 atom stereocenters. The molecule has 0 aromatic heterocycles. The second kappa shape index (κ2) is 4.77. The Hall–Kier alpha value is -1.58. The van der Waals surface area contributed by atoms with E-state index in [0.717, 1.165) is 0 Å². The number of aldehydes is 1. The summed E-state index contributed by atoms with van der Waals surface area (Å²) >= 11 is 0. The van der Waals surface area contributed by atoms with Gasteiger partial charge < -0.3 is 9.47 Å². The van der Waals surface area contributed by atoms with Gasteiger partial charge in [-0.05, 0) is 19.1 Å². The number of hydrogen-bond donors (Lipinski definition) is 0. The van der Waals surface area contributed by atoms with Crippen molar-refractivity contribution in [2.24, 2.45) is 0 Å². The van der Waals surface area contributed by atoms with Crippen LogP contribution in [0.1, 0.15) is 29.0 Å². The first kappa shape index (κ1) is 11.5. The van der Waals surface area contributed by atoms with Crippen LogP contribution in [-0.4, -0.2) is 20.5 Å². The molecule has 1 rings (SSSR count). The molecule has 0 spiro atoms. The fourth-order valence-electron chi connectivity index (χ4n) is 1.35. The number of ether oxygens (including phenoxy) is 2. The summed E-state index contributed by atoms with van der Waals surface area (Å²) in [5, 5.41) is 0. The maximum absolute atomic E-state index is 13.2. The Kier molecular flexibility index (Phi) is 3.66. The van der Waals surface area contributed by atoms with E-state index < -0.39 is 6.17 Å². The lowest BCUT2D eigenvalue weighted by Crippen LogP contribution is -1.98. The zero-order chi connectivity index (χ0) is 11.4. The van der Waals surface area contributed by atoms with Crippen LogP contribution in [0.4, 0.5) is 4.39 Å². The van der Waals surface area contributed by atoms with Crippen LogP contribution in [0.3, 0.4) is 0 Å². The molecule has 0 aliphatic carbocycles. The van der Waals surface area contributed by atoms with Crippen molar-refractivity contribution in [1.29, 1.82) is 0 Å². The highest BCUT2D eigenvalue weighted by atomic mass is 19.1. The molecule has 82 valence electrons. The van der Waals surface area contributed by atoms with Gasteiger partial charge in [0.15, 0.2) is 6.29 Å². The van der Waals surface area contributed by atoms with E-state index in [9.17, 15) is 9.18 Å². The number of carbonyl (C=O) groups is 1. The Bertz CT molecular complexity index is 361. The van der Waals surface area contributed by atoms with Gasteiger partial charge in [0.25, 0.3) is 0 Å². The van der Waals surface area contributed by atoms with Crippen LogP contribution >= 0.6 is 0 Å². The molecular weight excluding hydrogens is 199 g/mol. The topological polar surface area (TPSA) is 35.5 Å². The molecule has 0 saturated heterocycles. The molecule has 0 fully saturated rings. The average Bonchev–Trinajstić information content (AvgIpc) is 2.26. The molecule has 0 radical (unpaired) electrons. The second-order valence-corrected chi connectivity index (χ2v) is 3.07. The summed E-state index contributed by atoms with van der Waals surface area (Å²) in [7, 11) is 2.86. The highest BCUT2D eigenvalue weighted by Crippen LogP contribution is 2.33. The van der Waals surface area contributed by atoms with Crippen LogP contribution in [0.25, 0.3) is 0 Å². The standard InChI is InChI=1S/C11H13FO3/c1-7(12)9-5-10(14-2)8(6-13)4-11(9)15-3/h4-7H,1-3H3. The second-order valence-electron chi connectivity index (χ2n) is 3.07. The Morgan fingerprint density at radius 2 is 1.87 bits per heavy atom. The van der Waals surface area contributed by atoms with Gasteiger partial charge in [0.05, 0.1) is 19.8 Å². The maximum atomic E-state index is 13.2. The molecule has 0 aliphatic heterocycles. The molecular formula is C11H13FO3. The largest absolute Gasteiger partial charge is 0.496 e. The quantitative estimate of drug-likeness (QED) is 0.719. The lowest BCUT2D eigenvalue weighted by molar-refractivity contribution is 0.112. The van der Waals surface area contributed by atoms with Gasteiger partial charge in [-0.2, -0.15) is 0 Å². The minimum Gasteiger partial charge on any atom is -0.496 e. The van der Waals surface area contributed by atoms with Crippen LogP contribution in [0, 0.1) is 0 Å². The van der Waals surface area contributed by atoms with E-state index in [2.05, 4.69) is 0 Å². The van der Waals surface area contributed by atoms with Crippen LogP contribution in [-0.2, 0) is 0 Å². The highest BCUT2D eigenvalue weighted by molar-refractivity contribution is 5.80. The summed E-state index contributed by atoms with van der Waals surface area (Å²) < 4.78 is 23.2. The van der Waals surface area contributed by atoms with E-state index >= 15 is 0 Å². The third-order valence-corrected chi connectivity index (χ3v) is 2.14. The minimum atomic E-state index is -1.17. The number of alkyl halides is 1. The fraction of sp³-hybridized carbons (Fsp3) is 0.364. The van der Waals surface area contributed by atoms with E-state index in [1.54, 1.807) is 0 Å². The molecule has 3 nitrogen and oxygen atoms in total. The van der Waals surface area contributed by atoms with Crippen molar-refractivity contribution in [2.45, 2.75) is 13.1 Å². The highest BCUT2D eigenvalue weighted by Gasteiger charge is 2.15. The Labute approximate surface area is 87.8 Å². The Morgan fingerprint density at radius 3 is 2.27 bits per heavy atom. The average molecular weight is 212 g/mol. The molecule has 0 heterocycles. The lowest BCUT2D eigenvalue weighted by Gasteiger charge is -2.12. The minimum absolute atomic E-state index is 0.346. The van der Waals surface area contributed by atoms with E-state index in [0.29, 0.717) is 28.9 Å². The normalized spacial score (nSPS) is 12.0. The van der Waals surface area contributed by atoms with E-state index in [4.69, 9.17) is 9.47 Å². The summed E-state index contributed by atoms with van der Waals surface area (Å²) in [4.78, 5) is 10.7. The van der Waals surface area contributed by atoms with Crippen molar-refractivity contribution in [3.8, 4) is 11.5 Å². The number of benzene rings is 1. The first-order chi connectivity index (χ1) is 7.13. The number of halogens is 1. The van der Waals surface area contributed by atoms with Crippen LogP contribution in [0.2, 0.25) is 0 Å². The molecule has 15 heavy (non-hydrogen) atoms. The summed E-state index contributed by atoms with van der Waals surface area (Å²) in [6.45, 7) is 1.40. The Balaban J connectivity index is 3.33. The Morgan fingerprint density at radius 1 is 1.27 bits per heavy atom. The van der Waals surface area contributed by atoms with Gasteiger partial charge in [-0.15, -0.1) is 0 Å². The van der Waals surface area contributed by atoms with Gasteiger partial charge in [-0.3, -0.25) is 4.79 Å². The van der Waals surface area contributed by atoms with Crippen LogP contribution in [0.5, 0.6) is 11.5 Å². The third kappa shape index (κ3) is 2.26. The zero-order valence-corrected chi connectivity index (χ0v) is 8.91. The molecule has 0 saturated carbocycles. The van der Waals surface area contributed by atoms with Gasteiger partial charge in [-0.1, -0.05) is 0 Å². The molecule has 0 bridgehead atoms. The van der Waals surface area contributed by atoms with Gasteiger partial charge in [0.1, 0.15) is 17.7 Å². The van der Waals surface area contributed by atoms with E-state index in [-0.39, 0.29) is 0 Å². The van der Waals surface area contributed by atoms with Gasteiger partial charge in [0.2, 0.25) is 0 Å². The first-order valence-electron chi connectivity index (χ1n) is 4.49. The van der Waals surface area contributed by atoms with Crippen LogP contribution < -0.4 is 9.47 Å². The number of carbonyl (C=O) groups excluding carboxylic acids is 1.